The molecule has 1 N–H and O–H groups in total. The van der Waals surface area contributed by atoms with Crippen molar-refractivity contribution in [3.8, 4) is 11.4 Å². The molecule has 0 aliphatic carbocycles. The van der Waals surface area contributed by atoms with Crippen LogP contribution < -0.4 is 5.32 Å². The van der Waals surface area contributed by atoms with Gasteiger partial charge in [0.15, 0.2) is 0 Å². The number of carbonyl (C=O) groups is 1. The van der Waals surface area contributed by atoms with Gasteiger partial charge in [0.1, 0.15) is 0 Å². The Labute approximate surface area is 145 Å². The molecule has 0 fully saturated rings. The summed E-state index contributed by atoms with van der Waals surface area (Å²) in [6, 6.07) is 3.64. The summed E-state index contributed by atoms with van der Waals surface area (Å²) in [7, 11) is 1.87. The number of nitrogens with one attached hydrogen (secondary N) is 1. The van der Waals surface area contributed by atoms with Gasteiger partial charge in [-0.2, -0.15) is 10.1 Å². The number of hydrogen-bond acceptors (Lipinski definition) is 6. The molecule has 0 spiro atoms. The minimum Gasteiger partial charge on any atom is -0.346 e. The smallest absolute Gasteiger partial charge is 0.246 e. The zero-order chi connectivity index (χ0) is 18.0. The predicted octanol–water partition coefficient (Wildman–Crippen LogP) is 1.90. The molecule has 0 bridgehead atoms. The fraction of sp³-hybridized carbons (Fsp3) is 0.353. The molecule has 0 saturated carbocycles. The lowest BCUT2D eigenvalue weighted by molar-refractivity contribution is -0.122. The van der Waals surface area contributed by atoms with Crippen LogP contribution in [0.2, 0.25) is 0 Å². The lowest BCUT2D eigenvalue weighted by Crippen LogP contribution is -2.28. The Hall–Kier alpha value is -3.03. The van der Waals surface area contributed by atoms with E-state index >= 15 is 0 Å². The number of pyridine rings is 1. The van der Waals surface area contributed by atoms with E-state index < -0.39 is 0 Å². The zero-order valence-electron chi connectivity index (χ0n) is 14.6. The van der Waals surface area contributed by atoms with Crippen LogP contribution in [0.25, 0.3) is 11.4 Å². The van der Waals surface area contributed by atoms with Crippen molar-refractivity contribution in [2.24, 2.45) is 7.05 Å². The van der Waals surface area contributed by atoms with E-state index in [9.17, 15) is 4.79 Å². The van der Waals surface area contributed by atoms with Crippen molar-refractivity contribution >= 4 is 5.91 Å². The van der Waals surface area contributed by atoms with Gasteiger partial charge in [-0.15, -0.1) is 0 Å². The van der Waals surface area contributed by atoms with Crippen molar-refractivity contribution in [2.45, 2.75) is 33.2 Å². The molecule has 0 aliphatic rings. The van der Waals surface area contributed by atoms with Gasteiger partial charge >= 0.3 is 0 Å². The quantitative estimate of drug-likeness (QED) is 0.761. The minimum absolute atomic E-state index is 0.111. The molecule has 3 heterocycles. The van der Waals surface area contributed by atoms with E-state index in [0.29, 0.717) is 11.7 Å². The van der Waals surface area contributed by atoms with Gasteiger partial charge in [0, 0.05) is 36.3 Å². The summed E-state index contributed by atoms with van der Waals surface area (Å²) in [6.45, 7) is 5.90. The van der Waals surface area contributed by atoms with E-state index in [-0.39, 0.29) is 18.4 Å². The van der Waals surface area contributed by atoms with Crippen molar-refractivity contribution in [1.29, 1.82) is 0 Å². The highest BCUT2D eigenvalue weighted by molar-refractivity contribution is 5.83. The first-order valence-electron chi connectivity index (χ1n) is 7.98. The maximum atomic E-state index is 12.5. The predicted molar refractivity (Wildman–Crippen MR) is 90.5 cm³/mol. The Balaban J connectivity index is 1.65. The van der Waals surface area contributed by atoms with Gasteiger partial charge < -0.3 is 9.84 Å². The van der Waals surface area contributed by atoms with Crippen LogP contribution in [-0.2, 0) is 18.4 Å². The van der Waals surface area contributed by atoms with Crippen LogP contribution in [0.5, 0.6) is 0 Å². The highest BCUT2D eigenvalue weighted by atomic mass is 16.5. The number of rotatable bonds is 5. The Kier molecular flexibility index (Phi) is 4.60. The van der Waals surface area contributed by atoms with Crippen LogP contribution in [0.1, 0.15) is 35.7 Å². The Morgan fingerprint density at radius 2 is 2.20 bits per heavy atom. The summed E-state index contributed by atoms with van der Waals surface area (Å²) in [5.74, 6) is 0.373. The van der Waals surface area contributed by atoms with Gasteiger partial charge in [-0.25, -0.2) is 0 Å². The topological polar surface area (TPSA) is 98.7 Å². The molecular weight excluding hydrogens is 320 g/mol. The molecule has 0 saturated heterocycles. The molecule has 3 aromatic heterocycles. The molecule has 0 radical (unpaired) electrons. The number of aromatic nitrogens is 5. The summed E-state index contributed by atoms with van der Waals surface area (Å²) < 4.78 is 6.97. The van der Waals surface area contributed by atoms with Gasteiger partial charge in [0.25, 0.3) is 0 Å². The van der Waals surface area contributed by atoms with Crippen molar-refractivity contribution in [2.75, 3.05) is 0 Å². The maximum Gasteiger partial charge on any atom is 0.246 e. The van der Waals surface area contributed by atoms with Crippen LogP contribution in [0.15, 0.2) is 29.0 Å². The molecule has 8 heteroatoms. The molecule has 1 atom stereocenters. The second-order valence-corrected chi connectivity index (χ2v) is 5.90. The lowest BCUT2D eigenvalue weighted by atomic mass is 9.98. The third-order valence-electron chi connectivity index (χ3n) is 4.19. The van der Waals surface area contributed by atoms with E-state index in [1.807, 2.05) is 33.9 Å². The minimum atomic E-state index is -0.311. The number of carbonyl (C=O) groups excluding carboxylic acids is 1. The molecule has 8 nitrogen and oxygen atoms in total. The molecule has 0 aliphatic heterocycles. The highest BCUT2D eigenvalue weighted by Crippen LogP contribution is 2.23. The van der Waals surface area contributed by atoms with Crippen LogP contribution in [0.4, 0.5) is 0 Å². The number of aryl methyl sites for hydroxylation is 2. The standard InChI is InChI=1S/C17H20N6O2/c1-10(15-11(2)21-23(4)12(15)3)17(24)19-9-14-20-16(22-25-14)13-6-5-7-18-8-13/h5-8,10H,9H2,1-4H3,(H,19,24)/t10-/m0/s1. The monoisotopic (exact) mass is 340 g/mol. The molecule has 130 valence electrons. The van der Waals surface area contributed by atoms with E-state index in [1.165, 1.54) is 0 Å². The zero-order valence-corrected chi connectivity index (χ0v) is 14.6. The Bertz CT molecular complexity index is 884. The van der Waals surface area contributed by atoms with Gasteiger partial charge in [-0.3, -0.25) is 14.5 Å². The summed E-state index contributed by atoms with van der Waals surface area (Å²) in [5.41, 5.74) is 3.55. The molecule has 1 amide bonds. The number of nitrogens with zero attached hydrogens (tertiary/aromatic N) is 5. The first kappa shape index (κ1) is 16.8. The van der Waals surface area contributed by atoms with Crippen LogP contribution in [-0.4, -0.2) is 30.8 Å². The van der Waals surface area contributed by atoms with E-state index in [1.54, 1.807) is 23.1 Å². The number of hydrogen-bond donors (Lipinski definition) is 1. The summed E-state index contributed by atoms with van der Waals surface area (Å²) in [4.78, 5) is 20.8. The van der Waals surface area contributed by atoms with Gasteiger partial charge in [-0.1, -0.05) is 5.16 Å². The third-order valence-corrected chi connectivity index (χ3v) is 4.19. The summed E-state index contributed by atoms with van der Waals surface area (Å²) in [6.07, 6.45) is 3.33. The molecule has 3 rings (SSSR count). The molecule has 0 unspecified atom stereocenters. The second kappa shape index (κ2) is 6.84. The maximum absolute atomic E-state index is 12.5. The largest absolute Gasteiger partial charge is 0.346 e. The van der Waals surface area contributed by atoms with Crippen molar-refractivity contribution in [3.05, 3.63) is 47.4 Å². The summed E-state index contributed by atoms with van der Waals surface area (Å²) in [5, 5.41) is 11.1. The van der Waals surface area contributed by atoms with Gasteiger partial charge in [0.05, 0.1) is 18.2 Å². The average Bonchev–Trinajstić information content (AvgIpc) is 3.18. The van der Waals surface area contributed by atoms with Crippen molar-refractivity contribution in [3.63, 3.8) is 0 Å². The van der Waals surface area contributed by atoms with Crippen LogP contribution >= 0.6 is 0 Å². The molecular formula is C17H20N6O2. The van der Waals surface area contributed by atoms with Gasteiger partial charge in [0.2, 0.25) is 17.6 Å². The van der Waals surface area contributed by atoms with Gasteiger partial charge in [-0.05, 0) is 32.9 Å². The fourth-order valence-electron chi connectivity index (χ4n) is 2.80. The number of amides is 1. The van der Waals surface area contributed by atoms with E-state index in [4.69, 9.17) is 4.52 Å². The van der Waals surface area contributed by atoms with E-state index in [2.05, 4.69) is 25.5 Å². The first-order chi connectivity index (χ1) is 12.0. The molecule has 25 heavy (non-hydrogen) atoms. The normalized spacial score (nSPS) is 12.2. The SMILES string of the molecule is Cc1nn(C)c(C)c1[C@H](C)C(=O)NCc1nc(-c2cccnc2)no1. The Morgan fingerprint density at radius 1 is 1.40 bits per heavy atom. The van der Waals surface area contributed by atoms with Crippen molar-refractivity contribution < 1.29 is 9.32 Å². The lowest BCUT2D eigenvalue weighted by Gasteiger charge is -2.12. The summed E-state index contributed by atoms with van der Waals surface area (Å²) >= 11 is 0. The second-order valence-electron chi connectivity index (χ2n) is 5.90. The average molecular weight is 340 g/mol. The fourth-order valence-corrected chi connectivity index (χ4v) is 2.80. The van der Waals surface area contributed by atoms with Crippen LogP contribution in [0, 0.1) is 13.8 Å². The molecule has 0 aromatic carbocycles. The highest BCUT2D eigenvalue weighted by Gasteiger charge is 2.23. The van der Waals surface area contributed by atoms with Crippen molar-refractivity contribution in [1.82, 2.24) is 30.2 Å². The first-order valence-corrected chi connectivity index (χ1v) is 7.98. The van der Waals surface area contributed by atoms with E-state index in [0.717, 1.165) is 22.5 Å². The Morgan fingerprint density at radius 3 is 2.84 bits per heavy atom. The van der Waals surface area contributed by atoms with Crippen LogP contribution in [0.3, 0.4) is 0 Å². The third kappa shape index (κ3) is 3.42. The molecule has 3 aromatic rings.